The smallest absolute Gasteiger partial charge is 0.309 e. The van der Waals surface area contributed by atoms with E-state index in [1.807, 2.05) is 30.3 Å². The Morgan fingerprint density at radius 2 is 1.70 bits per heavy atom. The molecular weight excluding hydrogens is 408 g/mol. The van der Waals surface area contributed by atoms with Crippen molar-refractivity contribution in [3.8, 4) is 11.4 Å². The number of imidazole rings is 1. The lowest BCUT2D eigenvalue weighted by molar-refractivity contribution is 0.472. The van der Waals surface area contributed by atoms with Crippen LogP contribution in [0.15, 0.2) is 39.9 Å². The maximum atomic E-state index is 12.5. The van der Waals surface area contributed by atoms with Crippen molar-refractivity contribution in [2.75, 3.05) is 0 Å². The number of benzene rings is 1. The first-order chi connectivity index (χ1) is 14.5. The fraction of sp³-hybridized carbons (Fsp3) is 0.368. The molecule has 0 saturated heterocycles. The predicted molar refractivity (Wildman–Crippen MR) is 112 cm³/mol. The lowest BCUT2D eigenvalue weighted by Gasteiger charge is -2.07. The molecule has 0 N–H and O–H groups in total. The van der Waals surface area contributed by atoms with Crippen molar-refractivity contribution < 1.29 is 0 Å². The van der Waals surface area contributed by atoms with Crippen LogP contribution in [0.4, 0.5) is 0 Å². The number of hydrogen-bond acceptors (Lipinski definition) is 6. The number of aryl methyl sites for hydroxylation is 3. The third-order valence-corrected chi connectivity index (χ3v) is 5.31. The lowest BCUT2D eigenvalue weighted by Crippen LogP contribution is -2.37. The van der Waals surface area contributed by atoms with Gasteiger partial charge in [0.2, 0.25) is 11.1 Å². The number of aromatic nitrogens is 8. The largest absolute Gasteiger partial charge is 0.332 e. The normalized spacial score (nSPS) is 11.4. The molecule has 3 heterocycles. The Morgan fingerprint density at radius 1 is 0.967 bits per heavy atom. The van der Waals surface area contributed by atoms with Crippen LogP contribution in [-0.2, 0) is 27.2 Å². The highest BCUT2D eigenvalue weighted by Gasteiger charge is 2.17. The molecule has 11 heteroatoms. The molecule has 1 aromatic carbocycles. The van der Waals surface area contributed by atoms with E-state index in [1.165, 1.54) is 11.6 Å². The minimum Gasteiger partial charge on any atom is -0.309 e. The topological polar surface area (TPSA) is 105 Å². The number of nitrogens with zero attached hydrogens (tertiary/aromatic N) is 8. The maximum Gasteiger partial charge on any atom is 0.332 e. The second-order valence-electron chi connectivity index (χ2n) is 7.05. The standard InChI is InChI=1S/C19H21ClN8O2/c1-25-16-14(17(29)26(2)19(25)30)27(18(20)21-16)11-7-4-8-12-28-23-15(22-24-28)13-9-5-3-6-10-13/h3,5-6,9-10H,4,7-8,11-12H2,1-2H3. The van der Waals surface area contributed by atoms with E-state index < -0.39 is 11.2 Å². The molecule has 0 saturated carbocycles. The van der Waals surface area contributed by atoms with Crippen LogP contribution in [0.2, 0.25) is 5.28 Å². The first-order valence-corrected chi connectivity index (χ1v) is 10.00. The summed E-state index contributed by atoms with van der Waals surface area (Å²) in [5.41, 5.74) is 0.751. The van der Waals surface area contributed by atoms with Crippen LogP contribution < -0.4 is 11.2 Å². The minimum absolute atomic E-state index is 0.203. The highest BCUT2D eigenvalue weighted by Crippen LogP contribution is 2.17. The number of tetrazole rings is 1. The van der Waals surface area contributed by atoms with Gasteiger partial charge in [-0.15, -0.1) is 10.2 Å². The fourth-order valence-electron chi connectivity index (χ4n) is 3.36. The molecule has 0 aliphatic carbocycles. The van der Waals surface area contributed by atoms with E-state index in [-0.39, 0.29) is 5.28 Å². The van der Waals surface area contributed by atoms with E-state index in [0.717, 1.165) is 29.4 Å². The number of unbranched alkanes of at least 4 members (excludes halogenated alkanes) is 2. The number of fused-ring (bicyclic) bond motifs is 1. The Morgan fingerprint density at radius 3 is 2.47 bits per heavy atom. The highest BCUT2D eigenvalue weighted by molar-refractivity contribution is 6.29. The number of rotatable bonds is 7. The Bertz CT molecular complexity index is 1300. The molecule has 0 spiro atoms. The van der Waals surface area contributed by atoms with Crippen LogP contribution >= 0.6 is 11.6 Å². The van der Waals surface area contributed by atoms with Crippen LogP contribution in [0.1, 0.15) is 19.3 Å². The van der Waals surface area contributed by atoms with Crippen molar-refractivity contribution in [1.82, 2.24) is 38.9 Å². The van der Waals surface area contributed by atoms with Gasteiger partial charge in [-0.25, -0.2) is 4.79 Å². The Hall–Kier alpha value is -3.27. The van der Waals surface area contributed by atoms with Crippen LogP contribution in [0.5, 0.6) is 0 Å². The summed E-state index contributed by atoms with van der Waals surface area (Å²) in [5.74, 6) is 0.605. The van der Waals surface area contributed by atoms with E-state index in [4.69, 9.17) is 11.6 Å². The summed E-state index contributed by atoms with van der Waals surface area (Å²) < 4.78 is 4.07. The molecule has 30 heavy (non-hydrogen) atoms. The van der Waals surface area contributed by atoms with Gasteiger partial charge in [0.1, 0.15) is 0 Å². The second kappa shape index (κ2) is 8.23. The van der Waals surface area contributed by atoms with Crippen LogP contribution in [0, 0.1) is 0 Å². The second-order valence-corrected chi connectivity index (χ2v) is 7.38. The average Bonchev–Trinajstić information content (AvgIpc) is 3.36. The molecule has 0 amide bonds. The van der Waals surface area contributed by atoms with Gasteiger partial charge in [0.25, 0.3) is 5.56 Å². The van der Waals surface area contributed by atoms with Crippen molar-refractivity contribution in [2.45, 2.75) is 32.4 Å². The Kier molecular flexibility index (Phi) is 5.49. The molecule has 0 fully saturated rings. The van der Waals surface area contributed by atoms with Gasteiger partial charge >= 0.3 is 5.69 Å². The van der Waals surface area contributed by atoms with Gasteiger partial charge in [0, 0.05) is 26.2 Å². The predicted octanol–water partition coefficient (Wildman–Crippen LogP) is 1.61. The van der Waals surface area contributed by atoms with Crippen molar-refractivity contribution >= 4 is 22.8 Å². The first-order valence-electron chi connectivity index (χ1n) is 9.62. The van der Waals surface area contributed by atoms with Gasteiger partial charge in [-0.3, -0.25) is 13.9 Å². The van der Waals surface area contributed by atoms with Crippen LogP contribution in [-0.4, -0.2) is 38.9 Å². The van der Waals surface area contributed by atoms with Gasteiger partial charge in [0.05, 0.1) is 6.54 Å². The summed E-state index contributed by atoms with van der Waals surface area (Å²) in [5, 5.41) is 12.8. The van der Waals surface area contributed by atoms with E-state index in [2.05, 4.69) is 20.4 Å². The Balaban J connectivity index is 1.38. The van der Waals surface area contributed by atoms with Crippen molar-refractivity contribution in [2.24, 2.45) is 14.1 Å². The van der Waals surface area contributed by atoms with E-state index in [1.54, 1.807) is 16.4 Å². The van der Waals surface area contributed by atoms with E-state index in [9.17, 15) is 9.59 Å². The van der Waals surface area contributed by atoms with Crippen LogP contribution in [0.25, 0.3) is 22.6 Å². The van der Waals surface area contributed by atoms with Gasteiger partial charge in [-0.2, -0.15) is 9.78 Å². The monoisotopic (exact) mass is 428 g/mol. The molecule has 3 aromatic heterocycles. The molecule has 4 aromatic rings. The number of hydrogen-bond donors (Lipinski definition) is 0. The summed E-state index contributed by atoms with van der Waals surface area (Å²) in [6.45, 7) is 1.18. The summed E-state index contributed by atoms with van der Waals surface area (Å²) in [6.07, 6.45) is 2.52. The SMILES string of the molecule is Cn1c(=O)c2c(nc(Cl)n2CCCCCn2nnc(-c3ccccc3)n2)n(C)c1=O. The van der Waals surface area contributed by atoms with Gasteiger partial charge in [-0.1, -0.05) is 30.3 Å². The molecule has 0 radical (unpaired) electrons. The molecule has 4 rings (SSSR count). The highest BCUT2D eigenvalue weighted by atomic mass is 35.5. The molecule has 0 atom stereocenters. The Labute approximate surface area is 176 Å². The summed E-state index contributed by atoms with van der Waals surface area (Å²) in [4.78, 5) is 30.4. The molecule has 10 nitrogen and oxygen atoms in total. The third kappa shape index (κ3) is 3.65. The van der Waals surface area contributed by atoms with Gasteiger partial charge < -0.3 is 4.57 Å². The average molecular weight is 429 g/mol. The van der Waals surface area contributed by atoms with Crippen molar-refractivity contribution in [3.05, 3.63) is 56.5 Å². The van der Waals surface area contributed by atoms with Gasteiger partial charge in [0.15, 0.2) is 11.2 Å². The third-order valence-electron chi connectivity index (χ3n) is 5.03. The lowest BCUT2D eigenvalue weighted by atomic mass is 10.2. The maximum absolute atomic E-state index is 12.5. The minimum atomic E-state index is -0.427. The van der Waals surface area contributed by atoms with Crippen molar-refractivity contribution in [1.29, 1.82) is 0 Å². The molecule has 0 bridgehead atoms. The molecule has 156 valence electrons. The van der Waals surface area contributed by atoms with Gasteiger partial charge in [-0.05, 0) is 36.1 Å². The molecule has 0 unspecified atom stereocenters. The summed E-state index contributed by atoms with van der Waals surface area (Å²) >= 11 is 6.24. The molecule has 0 aliphatic rings. The summed E-state index contributed by atoms with van der Waals surface area (Å²) in [7, 11) is 3.02. The summed E-state index contributed by atoms with van der Waals surface area (Å²) in [6, 6.07) is 9.71. The van der Waals surface area contributed by atoms with E-state index in [0.29, 0.717) is 30.1 Å². The quantitative estimate of drug-likeness (QED) is 0.327. The zero-order valence-electron chi connectivity index (χ0n) is 16.7. The molecule has 0 aliphatic heterocycles. The van der Waals surface area contributed by atoms with Crippen LogP contribution in [0.3, 0.4) is 0 Å². The number of halogens is 1. The molecular formula is C19H21ClN8O2. The first kappa shape index (κ1) is 20.0. The van der Waals surface area contributed by atoms with Crippen molar-refractivity contribution in [3.63, 3.8) is 0 Å². The zero-order chi connectivity index (χ0) is 21.3. The zero-order valence-corrected chi connectivity index (χ0v) is 17.5. The van der Waals surface area contributed by atoms with E-state index >= 15 is 0 Å². The fourth-order valence-corrected chi connectivity index (χ4v) is 3.61.